The van der Waals surface area contributed by atoms with Crippen molar-refractivity contribution in [1.29, 1.82) is 0 Å². The van der Waals surface area contributed by atoms with Gasteiger partial charge in [-0.3, -0.25) is 4.79 Å². The van der Waals surface area contributed by atoms with Crippen molar-refractivity contribution in [3.63, 3.8) is 0 Å². The number of Topliss-reactive ketones (excluding diaryl/α,β-unsaturated/α-hetero) is 1. The number of rotatable bonds is 10. The molecule has 2 aromatic carbocycles. The van der Waals surface area contributed by atoms with Crippen LogP contribution in [0.4, 0.5) is 11.4 Å². The number of halogens is 1. The highest BCUT2D eigenvalue weighted by Gasteiger charge is 2.17. The van der Waals surface area contributed by atoms with Crippen LogP contribution < -0.4 is 15.4 Å². The summed E-state index contributed by atoms with van der Waals surface area (Å²) in [6.45, 7) is 2.23. The van der Waals surface area contributed by atoms with E-state index in [1.165, 1.54) is 0 Å². The zero-order valence-corrected chi connectivity index (χ0v) is 15.7. The highest BCUT2D eigenvalue weighted by atomic mass is 35.5. The Kier molecular flexibility index (Phi) is 7.48. The third-order valence-corrected chi connectivity index (χ3v) is 4.14. The van der Waals surface area contributed by atoms with Gasteiger partial charge >= 0.3 is 0 Å². The summed E-state index contributed by atoms with van der Waals surface area (Å²) in [4.78, 5) is 22.6. The zero-order chi connectivity index (χ0) is 18.9. The summed E-state index contributed by atoms with van der Waals surface area (Å²) in [5.41, 5.74) is 2.46. The maximum atomic E-state index is 12.1. The molecule has 1 atom stereocenters. The Morgan fingerprint density at radius 3 is 2.50 bits per heavy atom. The minimum atomic E-state index is -0.484. The van der Waals surface area contributed by atoms with Crippen LogP contribution >= 0.6 is 11.6 Å². The fraction of sp³-hybridized carbons (Fsp3) is 0.300. The van der Waals surface area contributed by atoms with E-state index in [1.807, 2.05) is 30.3 Å². The number of unbranched alkanes of at least 4 members (excludes halogenated alkanes) is 1. The molecular weight excluding hydrogens is 352 g/mol. The number of nitrogens with one attached hydrogen (secondary N) is 2. The highest BCUT2D eigenvalue weighted by molar-refractivity contribution is 6.30. The molecule has 0 heterocycles. The summed E-state index contributed by atoms with van der Waals surface area (Å²) in [7, 11) is 1.59. The molecule has 0 aliphatic heterocycles. The molecule has 0 aliphatic carbocycles. The van der Waals surface area contributed by atoms with Gasteiger partial charge in [-0.2, -0.15) is 0 Å². The molecule has 2 rings (SSSR count). The van der Waals surface area contributed by atoms with E-state index in [0.29, 0.717) is 23.7 Å². The minimum absolute atomic E-state index is 0.00404. The number of hydrogen-bond donors (Lipinski definition) is 2. The van der Waals surface area contributed by atoms with Gasteiger partial charge in [0.05, 0.1) is 7.11 Å². The van der Waals surface area contributed by atoms with E-state index in [2.05, 4.69) is 10.6 Å². The Labute approximate surface area is 158 Å². The van der Waals surface area contributed by atoms with Gasteiger partial charge in [-0.25, -0.2) is 0 Å². The number of ether oxygens (including phenoxy) is 1. The summed E-state index contributed by atoms with van der Waals surface area (Å²) in [5.74, 6) is 0.668. The second kappa shape index (κ2) is 9.82. The SMILES string of the molecule is COc1cc(NCCCC=O)cc(NC(C(C)=O)c2ccc(Cl)cc2)c1. The Morgan fingerprint density at radius 2 is 1.88 bits per heavy atom. The molecule has 5 nitrogen and oxygen atoms in total. The van der Waals surface area contributed by atoms with Crippen LogP contribution in [0.15, 0.2) is 42.5 Å². The lowest BCUT2D eigenvalue weighted by Crippen LogP contribution is -2.18. The van der Waals surface area contributed by atoms with Crippen molar-refractivity contribution in [2.75, 3.05) is 24.3 Å². The Morgan fingerprint density at radius 1 is 1.19 bits per heavy atom. The van der Waals surface area contributed by atoms with E-state index in [9.17, 15) is 9.59 Å². The summed E-state index contributed by atoms with van der Waals surface area (Å²) in [5, 5.41) is 7.15. The van der Waals surface area contributed by atoms with Crippen LogP contribution in [-0.2, 0) is 9.59 Å². The molecule has 0 aromatic heterocycles. The van der Waals surface area contributed by atoms with Crippen molar-refractivity contribution < 1.29 is 14.3 Å². The van der Waals surface area contributed by atoms with Crippen LogP contribution in [0.25, 0.3) is 0 Å². The molecule has 26 heavy (non-hydrogen) atoms. The van der Waals surface area contributed by atoms with Crippen LogP contribution in [0, 0.1) is 0 Å². The molecule has 0 spiro atoms. The lowest BCUT2D eigenvalue weighted by Gasteiger charge is -2.19. The normalized spacial score (nSPS) is 11.5. The lowest BCUT2D eigenvalue weighted by atomic mass is 10.0. The predicted molar refractivity (Wildman–Crippen MR) is 105 cm³/mol. The number of ketones is 1. The van der Waals surface area contributed by atoms with E-state index in [4.69, 9.17) is 16.3 Å². The van der Waals surface area contributed by atoms with Crippen molar-refractivity contribution in [3.05, 3.63) is 53.1 Å². The number of carbonyl (C=O) groups excluding carboxylic acids is 2. The number of anilines is 2. The standard InChI is InChI=1S/C20H23ClN2O3/c1-14(25)20(15-5-7-16(21)8-6-15)23-18-11-17(12-19(13-18)26-2)22-9-3-4-10-24/h5-8,10-13,20,22-23H,3-4,9H2,1-2H3. The van der Waals surface area contributed by atoms with Crippen LogP contribution in [-0.4, -0.2) is 25.7 Å². The second-order valence-corrected chi connectivity index (χ2v) is 6.36. The fourth-order valence-corrected chi connectivity index (χ4v) is 2.69. The first-order chi connectivity index (χ1) is 12.5. The minimum Gasteiger partial charge on any atom is -0.497 e. The van der Waals surface area contributed by atoms with Gasteiger partial charge in [-0.15, -0.1) is 0 Å². The average molecular weight is 375 g/mol. The molecule has 0 saturated carbocycles. The molecule has 138 valence electrons. The van der Waals surface area contributed by atoms with Gasteiger partial charge in [-0.1, -0.05) is 23.7 Å². The van der Waals surface area contributed by atoms with Crippen molar-refractivity contribution in [3.8, 4) is 5.75 Å². The summed E-state index contributed by atoms with van der Waals surface area (Å²) in [6, 6.07) is 12.3. The van der Waals surface area contributed by atoms with Gasteiger partial charge in [0.2, 0.25) is 0 Å². The second-order valence-electron chi connectivity index (χ2n) is 5.93. The predicted octanol–water partition coefficient (Wildman–Crippen LogP) is 4.48. The van der Waals surface area contributed by atoms with Crippen LogP contribution in [0.5, 0.6) is 5.75 Å². The van der Waals surface area contributed by atoms with E-state index in [-0.39, 0.29) is 5.78 Å². The van der Waals surface area contributed by atoms with Crippen molar-refractivity contribution in [1.82, 2.24) is 0 Å². The fourth-order valence-electron chi connectivity index (χ4n) is 2.56. The van der Waals surface area contributed by atoms with Crippen LogP contribution in [0.1, 0.15) is 31.4 Å². The van der Waals surface area contributed by atoms with Gasteiger partial charge in [0.1, 0.15) is 18.1 Å². The van der Waals surface area contributed by atoms with E-state index in [0.717, 1.165) is 29.6 Å². The maximum Gasteiger partial charge on any atom is 0.156 e. The van der Waals surface area contributed by atoms with Crippen molar-refractivity contribution >= 4 is 35.0 Å². The van der Waals surface area contributed by atoms with Crippen molar-refractivity contribution in [2.45, 2.75) is 25.8 Å². The number of aldehydes is 1. The van der Waals surface area contributed by atoms with Crippen LogP contribution in [0.2, 0.25) is 5.02 Å². The van der Waals surface area contributed by atoms with E-state index in [1.54, 1.807) is 26.2 Å². The molecule has 2 aromatic rings. The van der Waals surface area contributed by atoms with Gasteiger partial charge in [0.15, 0.2) is 5.78 Å². The summed E-state index contributed by atoms with van der Waals surface area (Å²) < 4.78 is 5.35. The van der Waals surface area contributed by atoms with E-state index < -0.39 is 6.04 Å². The molecule has 0 amide bonds. The maximum absolute atomic E-state index is 12.1. The smallest absolute Gasteiger partial charge is 0.156 e. The molecule has 0 radical (unpaired) electrons. The van der Waals surface area contributed by atoms with Crippen molar-refractivity contribution in [2.24, 2.45) is 0 Å². The first-order valence-electron chi connectivity index (χ1n) is 8.42. The monoisotopic (exact) mass is 374 g/mol. The summed E-state index contributed by atoms with van der Waals surface area (Å²) in [6.07, 6.45) is 2.18. The van der Waals surface area contributed by atoms with Gasteiger partial charge in [0.25, 0.3) is 0 Å². The Bertz CT molecular complexity index is 747. The number of methoxy groups -OCH3 is 1. The number of hydrogen-bond acceptors (Lipinski definition) is 5. The van der Waals surface area contributed by atoms with Crippen LogP contribution in [0.3, 0.4) is 0 Å². The Balaban J connectivity index is 2.20. The lowest BCUT2D eigenvalue weighted by molar-refractivity contribution is -0.117. The van der Waals surface area contributed by atoms with Gasteiger partial charge in [-0.05, 0) is 37.1 Å². The zero-order valence-electron chi connectivity index (χ0n) is 14.9. The average Bonchev–Trinajstić information content (AvgIpc) is 2.64. The Hall–Kier alpha value is -2.53. The molecule has 6 heteroatoms. The molecule has 2 N–H and O–H groups in total. The van der Waals surface area contributed by atoms with Gasteiger partial charge in [0, 0.05) is 41.5 Å². The third-order valence-electron chi connectivity index (χ3n) is 3.89. The number of benzene rings is 2. The first kappa shape index (κ1) is 19.8. The highest BCUT2D eigenvalue weighted by Crippen LogP contribution is 2.28. The number of carbonyl (C=O) groups is 2. The topological polar surface area (TPSA) is 67.4 Å². The summed E-state index contributed by atoms with van der Waals surface area (Å²) >= 11 is 5.94. The van der Waals surface area contributed by atoms with E-state index >= 15 is 0 Å². The molecule has 0 aliphatic rings. The quantitative estimate of drug-likeness (QED) is 0.474. The largest absolute Gasteiger partial charge is 0.497 e. The first-order valence-corrected chi connectivity index (χ1v) is 8.80. The molecule has 1 unspecified atom stereocenters. The molecule has 0 saturated heterocycles. The molecule has 0 fully saturated rings. The van der Waals surface area contributed by atoms with Gasteiger partial charge < -0.3 is 20.2 Å². The third kappa shape index (κ3) is 5.77. The molecule has 0 bridgehead atoms. The molecular formula is C20H23ClN2O3.